The largest absolute Gasteiger partial charge is 0.369 e. The van der Waals surface area contributed by atoms with Gasteiger partial charge in [0.1, 0.15) is 17.0 Å². The van der Waals surface area contributed by atoms with Gasteiger partial charge in [-0.15, -0.1) is 11.3 Å². The SMILES string of the molecule is CCC1CCC(CNc2ncnc3sccc23)CC1. The first-order valence-electron chi connectivity index (χ1n) is 7.29. The van der Waals surface area contributed by atoms with Gasteiger partial charge in [-0.05, 0) is 36.1 Å². The number of hydrogen-bond donors (Lipinski definition) is 1. The molecule has 102 valence electrons. The van der Waals surface area contributed by atoms with Gasteiger partial charge in [0, 0.05) is 6.54 Å². The van der Waals surface area contributed by atoms with Crippen molar-refractivity contribution in [1.29, 1.82) is 0 Å². The van der Waals surface area contributed by atoms with Gasteiger partial charge in [0.05, 0.1) is 5.39 Å². The molecule has 2 aromatic rings. The molecule has 1 N–H and O–H groups in total. The van der Waals surface area contributed by atoms with Crippen molar-refractivity contribution in [3.63, 3.8) is 0 Å². The zero-order valence-electron chi connectivity index (χ0n) is 11.4. The number of rotatable bonds is 4. The predicted octanol–water partition coefficient (Wildman–Crippen LogP) is 4.32. The van der Waals surface area contributed by atoms with E-state index in [4.69, 9.17) is 0 Å². The molecule has 3 nitrogen and oxygen atoms in total. The minimum atomic E-state index is 0.812. The molecule has 4 heteroatoms. The van der Waals surface area contributed by atoms with Gasteiger partial charge in [0.15, 0.2) is 0 Å². The second-order valence-electron chi connectivity index (χ2n) is 5.54. The topological polar surface area (TPSA) is 37.8 Å². The van der Waals surface area contributed by atoms with Crippen LogP contribution in [-0.2, 0) is 0 Å². The summed E-state index contributed by atoms with van der Waals surface area (Å²) in [5.74, 6) is 2.79. The van der Waals surface area contributed by atoms with Crippen LogP contribution in [0.15, 0.2) is 17.8 Å². The van der Waals surface area contributed by atoms with E-state index in [1.807, 2.05) is 0 Å². The Balaban J connectivity index is 1.59. The fraction of sp³-hybridized carbons (Fsp3) is 0.600. The number of aromatic nitrogens is 2. The summed E-state index contributed by atoms with van der Waals surface area (Å²) in [5, 5.41) is 6.77. The molecule has 1 aliphatic carbocycles. The average molecular weight is 275 g/mol. The maximum absolute atomic E-state index is 4.38. The van der Waals surface area contributed by atoms with Gasteiger partial charge in [-0.2, -0.15) is 0 Å². The van der Waals surface area contributed by atoms with E-state index in [9.17, 15) is 0 Å². The summed E-state index contributed by atoms with van der Waals surface area (Å²) in [5.41, 5.74) is 0. The highest BCUT2D eigenvalue weighted by Gasteiger charge is 2.20. The van der Waals surface area contributed by atoms with Crippen LogP contribution in [0, 0.1) is 11.8 Å². The molecule has 0 amide bonds. The lowest BCUT2D eigenvalue weighted by atomic mass is 9.81. The van der Waals surface area contributed by atoms with Crippen molar-refractivity contribution in [2.24, 2.45) is 11.8 Å². The Labute approximate surface area is 118 Å². The zero-order valence-corrected chi connectivity index (χ0v) is 12.2. The first-order valence-corrected chi connectivity index (χ1v) is 8.17. The molecule has 0 unspecified atom stereocenters. The number of nitrogens with one attached hydrogen (secondary N) is 1. The lowest BCUT2D eigenvalue weighted by molar-refractivity contribution is 0.278. The van der Waals surface area contributed by atoms with Gasteiger partial charge < -0.3 is 5.32 Å². The smallest absolute Gasteiger partial charge is 0.138 e. The van der Waals surface area contributed by atoms with Crippen molar-refractivity contribution < 1.29 is 0 Å². The Bertz CT molecular complexity index is 529. The number of anilines is 1. The van der Waals surface area contributed by atoms with Crippen LogP contribution in [0.25, 0.3) is 10.2 Å². The first kappa shape index (κ1) is 12.9. The van der Waals surface area contributed by atoms with Crippen LogP contribution in [0.3, 0.4) is 0 Å². The fourth-order valence-electron chi connectivity index (χ4n) is 3.02. The molecule has 1 aliphatic rings. The number of hydrogen-bond acceptors (Lipinski definition) is 4. The normalized spacial score (nSPS) is 23.6. The summed E-state index contributed by atoms with van der Waals surface area (Å²) in [6, 6.07) is 2.11. The van der Waals surface area contributed by atoms with Crippen LogP contribution in [-0.4, -0.2) is 16.5 Å². The maximum Gasteiger partial charge on any atom is 0.138 e. The van der Waals surface area contributed by atoms with E-state index in [1.165, 1.54) is 32.1 Å². The Morgan fingerprint density at radius 2 is 2.00 bits per heavy atom. The Morgan fingerprint density at radius 1 is 1.21 bits per heavy atom. The molecule has 0 aromatic carbocycles. The summed E-state index contributed by atoms with van der Waals surface area (Å²) < 4.78 is 0. The number of nitrogens with zero attached hydrogens (tertiary/aromatic N) is 2. The van der Waals surface area contributed by atoms with Crippen molar-refractivity contribution in [1.82, 2.24) is 9.97 Å². The third-order valence-corrected chi connectivity index (χ3v) is 5.18. The highest BCUT2D eigenvalue weighted by atomic mass is 32.1. The minimum absolute atomic E-state index is 0.812. The molecule has 1 fully saturated rings. The molecule has 0 radical (unpaired) electrons. The first-order chi connectivity index (χ1) is 9.36. The quantitative estimate of drug-likeness (QED) is 0.903. The Morgan fingerprint density at radius 3 is 2.79 bits per heavy atom. The van der Waals surface area contributed by atoms with Crippen LogP contribution in [0.5, 0.6) is 0 Å². The van der Waals surface area contributed by atoms with Gasteiger partial charge in [-0.25, -0.2) is 9.97 Å². The minimum Gasteiger partial charge on any atom is -0.369 e. The predicted molar refractivity (Wildman–Crippen MR) is 81.6 cm³/mol. The van der Waals surface area contributed by atoms with E-state index >= 15 is 0 Å². The van der Waals surface area contributed by atoms with Crippen LogP contribution in [0.2, 0.25) is 0 Å². The Kier molecular flexibility index (Phi) is 3.97. The molecule has 0 saturated heterocycles. The molecule has 19 heavy (non-hydrogen) atoms. The highest BCUT2D eigenvalue weighted by molar-refractivity contribution is 7.16. The molecule has 0 atom stereocenters. The van der Waals surface area contributed by atoms with Crippen molar-refractivity contribution in [3.05, 3.63) is 17.8 Å². The molecular weight excluding hydrogens is 254 g/mol. The second kappa shape index (κ2) is 5.87. The average Bonchev–Trinajstić information content (AvgIpc) is 2.94. The van der Waals surface area contributed by atoms with Crippen LogP contribution < -0.4 is 5.32 Å². The van der Waals surface area contributed by atoms with Crippen LogP contribution in [0.1, 0.15) is 39.0 Å². The fourth-order valence-corrected chi connectivity index (χ4v) is 3.75. The van der Waals surface area contributed by atoms with Crippen molar-refractivity contribution in [2.45, 2.75) is 39.0 Å². The molecule has 0 aliphatic heterocycles. The lowest BCUT2D eigenvalue weighted by Gasteiger charge is -2.28. The van der Waals surface area contributed by atoms with Crippen LogP contribution >= 0.6 is 11.3 Å². The van der Waals surface area contributed by atoms with Gasteiger partial charge >= 0.3 is 0 Å². The third kappa shape index (κ3) is 2.89. The molecular formula is C15H21N3S. The number of fused-ring (bicyclic) bond motifs is 1. The van der Waals surface area contributed by atoms with E-state index in [-0.39, 0.29) is 0 Å². The molecule has 3 rings (SSSR count). The molecule has 2 heterocycles. The van der Waals surface area contributed by atoms with E-state index in [1.54, 1.807) is 17.7 Å². The standard InChI is InChI=1S/C15H21N3S/c1-2-11-3-5-12(6-4-11)9-16-14-13-7-8-19-15(13)18-10-17-14/h7-8,10-12H,2-6,9H2,1H3,(H,16,17,18). The summed E-state index contributed by atoms with van der Waals surface area (Å²) in [7, 11) is 0. The third-order valence-electron chi connectivity index (χ3n) is 4.36. The van der Waals surface area contributed by atoms with Gasteiger partial charge in [0.25, 0.3) is 0 Å². The molecule has 0 bridgehead atoms. The van der Waals surface area contributed by atoms with E-state index in [0.29, 0.717) is 0 Å². The summed E-state index contributed by atoms with van der Waals surface area (Å²) in [4.78, 5) is 9.74. The molecule has 2 aromatic heterocycles. The van der Waals surface area contributed by atoms with Gasteiger partial charge in [0.2, 0.25) is 0 Å². The van der Waals surface area contributed by atoms with Crippen LogP contribution in [0.4, 0.5) is 5.82 Å². The van der Waals surface area contributed by atoms with Crippen molar-refractivity contribution in [2.75, 3.05) is 11.9 Å². The lowest BCUT2D eigenvalue weighted by Crippen LogP contribution is -2.21. The zero-order chi connectivity index (χ0) is 13.1. The monoisotopic (exact) mass is 275 g/mol. The van der Waals surface area contributed by atoms with E-state index in [2.05, 4.69) is 33.7 Å². The summed E-state index contributed by atoms with van der Waals surface area (Å²) in [6.45, 7) is 3.37. The summed E-state index contributed by atoms with van der Waals surface area (Å²) in [6.07, 6.45) is 8.55. The van der Waals surface area contributed by atoms with Gasteiger partial charge in [-0.3, -0.25) is 0 Å². The molecule has 0 spiro atoms. The maximum atomic E-state index is 4.38. The Hall–Kier alpha value is -1.16. The molecule has 1 saturated carbocycles. The van der Waals surface area contributed by atoms with E-state index < -0.39 is 0 Å². The van der Waals surface area contributed by atoms with Gasteiger partial charge in [-0.1, -0.05) is 26.2 Å². The number of thiophene rings is 1. The van der Waals surface area contributed by atoms with Crippen molar-refractivity contribution in [3.8, 4) is 0 Å². The summed E-state index contributed by atoms with van der Waals surface area (Å²) >= 11 is 1.68. The van der Waals surface area contributed by atoms with Crippen molar-refractivity contribution >= 4 is 27.4 Å². The second-order valence-corrected chi connectivity index (χ2v) is 6.43. The van der Waals surface area contributed by atoms with E-state index in [0.717, 1.165) is 34.4 Å². The highest BCUT2D eigenvalue weighted by Crippen LogP contribution is 2.31.